The Morgan fingerprint density at radius 3 is 2.76 bits per heavy atom. The van der Waals surface area contributed by atoms with E-state index in [-0.39, 0.29) is 23.5 Å². The normalized spacial score (nSPS) is 24.4. The number of nitrogens with zero attached hydrogens (tertiary/aromatic N) is 1. The molecule has 3 N–H and O–H groups in total. The van der Waals surface area contributed by atoms with Gasteiger partial charge in [0.2, 0.25) is 5.91 Å². The molecule has 0 aliphatic carbocycles. The highest BCUT2D eigenvalue weighted by Crippen LogP contribution is 2.13. The minimum atomic E-state index is -0.122. The van der Waals surface area contributed by atoms with E-state index in [1.54, 1.807) is 0 Å². The van der Waals surface area contributed by atoms with E-state index in [2.05, 4.69) is 31.0 Å². The van der Waals surface area contributed by atoms with Crippen molar-refractivity contribution in [1.29, 1.82) is 0 Å². The number of likely N-dealkylation sites (tertiary alicyclic amines) is 1. The van der Waals surface area contributed by atoms with Crippen LogP contribution >= 0.6 is 0 Å². The molecule has 100 valence electrons. The minimum Gasteiger partial charge on any atom is -0.350 e. The van der Waals surface area contributed by atoms with Gasteiger partial charge in [-0.15, -0.1) is 0 Å². The number of hydrogen-bond acceptors (Lipinski definition) is 3. The number of rotatable bonds is 4. The molecule has 1 rings (SSSR count). The Morgan fingerprint density at radius 2 is 2.24 bits per heavy atom. The molecule has 1 amide bonds. The van der Waals surface area contributed by atoms with Crippen LogP contribution in [0.5, 0.6) is 0 Å². The van der Waals surface area contributed by atoms with Crippen LogP contribution in [0.2, 0.25) is 0 Å². The number of piperidine rings is 1. The maximum Gasteiger partial charge on any atom is 0.237 e. The molecule has 1 aliphatic rings. The standard InChI is InChI=1S/C13H27N3O/c1-5-13(3,4)15-12(17)10(2)16-8-6-7-11(14)9-16/h10-11H,5-9,14H2,1-4H3,(H,15,17). The summed E-state index contributed by atoms with van der Waals surface area (Å²) in [4.78, 5) is 14.3. The molecule has 0 bridgehead atoms. The van der Waals surface area contributed by atoms with E-state index >= 15 is 0 Å². The molecule has 2 unspecified atom stereocenters. The molecule has 1 heterocycles. The van der Waals surface area contributed by atoms with Gasteiger partial charge in [0.1, 0.15) is 0 Å². The van der Waals surface area contributed by atoms with Gasteiger partial charge >= 0.3 is 0 Å². The van der Waals surface area contributed by atoms with Crippen LogP contribution < -0.4 is 11.1 Å². The molecule has 1 saturated heterocycles. The van der Waals surface area contributed by atoms with Crippen LogP contribution in [-0.2, 0) is 4.79 Å². The summed E-state index contributed by atoms with van der Waals surface area (Å²) in [6.45, 7) is 9.98. The molecule has 0 aromatic heterocycles. The number of hydrogen-bond donors (Lipinski definition) is 2. The monoisotopic (exact) mass is 241 g/mol. The summed E-state index contributed by atoms with van der Waals surface area (Å²) in [6, 6.07) is 0.144. The predicted molar refractivity (Wildman–Crippen MR) is 70.8 cm³/mol. The third kappa shape index (κ3) is 4.28. The highest BCUT2D eigenvalue weighted by Gasteiger charge is 2.28. The molecular formula is C13H27N3O. The third-order valence-electron chi connectivity index (χ3n) is 3.76. The average Bonchev–Trinajstić information content (AvgIpc) is 2.27. The first-order valence-corrected chi connectivity index (χ1v) is 6.67. The minimum absolute atomic E-state index is 0.0767. The van der Waals surface area contributed by atoms with Crippen LogP contribution in [0, 0.1) is 0 Å². The summed E-state index contributed by atoms with van der Waals surface area (Å²) < 4.78 is 0. The van der Waals surface area contributed by atoms with E-state index < -0.39 is 0 Å². The van der Waals surface area contributed by atoms with Gasteiger partial charge in [-0.2, -0.15) is 0 Å². The van der Waals surface area contributed by atoms with Gasteiger partial charge in [0.05, 0.1) is 6.04 Å². The second kappa shape index (κ2) is 5.83. The Hall–Kier alpha value is -0.610. The maximum atomic E-state index is 12.1. The van der Waals surface area contributed by atoms with E-state index in [0.29, 0.717) is 0 Å². The van der Waals surface area contributed by atoms with Gasteiger partial charge in [-0.3, -0.25) is 9.69 Å². The summed E-state index contributed by atoms with van der Waals surface area (Å²) in [5.74, 6) is 0.117. The molecule has 4 nitrogen and oxygen atoms in total. The zero-order chi connectivity index (χ0) is 13.1. The predicted octanol–water partition coefficient (Wildman–Crippen LogP) is 1.10. The number of amides is 1. The highest BCUT2D eigenvalue weighted by molar-refractivity contribution is 5.82. The summed E-state index contributed by atoms with van der Waals surface area (Å²) in [5, 5.41) is 3.10. The Balaban J connectivity index is 2.51. The lowest BCUT2D eigenvalue weighted by Crippen LogP contribution is -2.55. The second-order valence-corrected chi connectivity index (χ2v) is 5.80. The lowest BCUT2D eigenvalue weighted by atomic mass is 10.0. The number of carbonyl (C=O) groups is 1. The Morgan fingerprint density at radius 1 is 1.59 bits per heavy atom. The van der Waals surface area contributed by atoms with Gasteiger partial charge in [0.15, 0.2) is 0 Å². The van der Waals surface area contributed by atoms with Crippen molar-refractivity contribution in [3.05, 3.63) is 0 Å². The van der Waals surface area contributed by atoms with Gasteiger partial charge < -0.3 is 11.1 Å². The second-order valence-electron chi connectivity index (χ2n) is 5.80. The molecule has 0 saturated carbocycles. The largest absolute Gasteiger partial charge is 0.350 e. The fourth-order valence-electron chi connectivity index (χ4n) is 2.08. The van der Waals surface area contributed by atoms with Crippen molar-refractivity contribution < 1.29 is 4.79 Å². The van der Waals surface area contributed by atoms with E-state index in [1.165, 1.54) is 0 Å². The van der Waals surface area contributed by atoms with Crippen molar-refractivity contribution in [3.8, 4) is 0 Å². The zero-order valence-electron chi connectivity index (χ0n) is 11.6. The molecule has 1 fully saturated rings. The number of nitrogens with one attached hydrogen (secondary N) is 1. The average molecular weight is 241 g/mol. The van der Waals surface area contributed by atoms with Crippen molar-refractivity contribution in [2.75, 3.05) is 13.1 Å². The lowest BCUT2D eigenvalue weighted by molar-refractivity contribution is -0.128. The SMILES string of the molecule is CCC(C)(C)NC(=O)C(C)N1CCCC(N)C1. The Bertz CT molecular complexity index is 265. The number of carbonyl (C=O) groups excluding carboxylic acids is 1. The molecule has 0 aromatic carbocycles. The van der Waals surface area contributed by atoms with Crippen molar-refractivity contribution in [2.45, 2.75) is 64.6 Å². The van der Waals surface area contributed by atoms with Crippen molar-refractivity contribution >= 4 is 5.91 Å². The highest BCUT2D eigenvalue weighted by atomic mass is 16.2. The summed E-state index contributed by atoms with van der Waals surface area (Å²) in [7, 11) is 0. The first kappa shape index (κ1) is 14.5. The van der Waals surface area contributed by atoms with E-state index in [1.807, 2.05) is 6.92 Å². The lowest BCUT2D eigenvalue weighted by Gasteiger charge is -2.36. The molecule has 0 aromatic rings. The van der Waals surface area contributed by atoms with E-state index in [9.17, 15) is 4.79 Å². The van der Waals surface area contributed by atoms with Crippen LogP contribution in [0.4, 0.5) is 0 Å². The van der Waals surface area contributed by atoms with E-state index in [0.717, 1.165) is 32.4 Å². The third-order valence-corrected chi connectivity index (χ3v) is 3.76. The molecular weight excluding hydrogens is 214 g/mol. The van der Waals surface area contributed by atoms with Gasteiger partial charge in [-0.1, -0.05) is 6.92 Å². The van der Waals surface area contributed by atoms with Crippen LogP contribution in [-0.4, -0.2) is 41.5 Å². The number of nitrogens with two attached hydrogens (primary N) is 1. The topological polar surface area (TPSA) is 58.4 Å². The summed E-state index contributed by atoms with van der Waals surface area (Å²) in [6.07, 6.45) is 3.10. The molecule has 4 heteroatoms. The van der Waals surface area contributed by atoms with Crippen LogP contribution in [0.15, 0.2) is 0 Å². The van der Waals surface area contributed by atoms with Crippen molar-refractivity contribution in [2.24, 2.45) is 5.73 Å². The molecule has 1 aliphatic heterocycles. The van der Waals surface area contributed by atoms with Crippen LogP contribution in [0.1, 0.15) is 47.0 Å². The van der Waals surface area contributed by atoms with Gasteiger partial charge in [0.25, 0.3) is 0 Å². The van der Waals surface area contributed by atoms with Crippen LogP contribution in [0.25, 0.3) is 0 Å². The quantitative estimate of drug-likeness (QED) is 0.775. The van der Waals surface area contributed by atoms with Gasteiger partial charge in [0, 0.05) is 18.1 Å². The molecule has 17 heavy (non-hydrogen) atoms. The van der Waals surface area contributed by atoms with Crippen molar-refractivity contribution in [1.82, 2.24) is 10.2 Å². The fraction of sp³-hybridized carbons (Fsp3) is 0.923. The van der Waals surface area contributed by atoms with Crippen molar-refractivity contribution in [3.63, 3.8) is 0 Å². The first-order chi connectivity index (χ1) is 7.85. The molecule has 0 spiro atoms. The maximum absolute atomic E-state index is 12.1. The van der Waals surface area contributed by atoms with E-state index in [4.69, 9.17) is 5.73 Å². The smallest absolute Gasteiger partial charge is 0.237 e. The van der Waals surface area contributed by atoms with Gasteiger partial charge in [-0.25, -0.2) is 0 Å². The summed E-state index contributed by atoms with van der Waals surface area (Å²) >= 11 is 0. The molecule has 2 atom stereocenters. The zero-order valence-corrected chi connectivity index (χ0v) is 11.6. The Kier molecular flexibility index (Phi) is 4.95. The summed E-state index contributed by atoms with van der Waals surface area (Å²) in [5.41, 5.74) is 5.82. The molecule has 0 radical (unpaired) electrons. The first-order valence-electron chi connectivity index (χ1n) is 6.67. The van der Waals surface area contributed by atoms with Crippen LogP contribution in [0.3, 0.4) is 0 Å². The Labute approximate surface area is 105 Å². The van der Waals surface area contributed by atoms with Gasteiger partial charge in [-0.05, 0) is 46.6 Å². The fourth-order valence-corrected chi connectivity index (χ4v) is 2.08.